The first-order chi connectivity index (χ1) is 12.4. The Hall–Kier alpha value is -1.28. The standard InChI is InChI=1S/C24H36N2/c1-16(2)6-5-7-17(3)22-10-11-23-20-9-8-18(14-25)21(15-26)19(20)12-13-24(22,23)4/h9,16-19,21-23H,5-8,10-13H2,1-4H3/t17-,18+,19-,21+,22-,23+,24-/m1/s1. The zero-order valence-electron chi connectivity index (χ0n) is 17.2. The third kappa shape index (κ3) is 3.33. The summed E-state index contributed by atoms with van der Waals surface area (Å²) in [7, 11) is 0. The summed E-state index contributed by atoms with van der Waals surface area (Å²) in [5, 5.41) is 19.1. The first-order valence-electron chi connectivity index (χ1n) is 10.9. The molecule has 0 N–H and O–H groups in total. The van der Waals surface area contributed by atoms with Crippen LogP contribution in [-0.4, -0.2) is 0 Å². The van der Waals surface area contributed by atoms with Crippen LogP contribution >= 0.6 is 0 Å². The van der Waals surface area contributed by atoms with Gasteiger partial charge in [-0.25, -0.2) is 0 Å². The Kier molecular flexibility index (Phi) is 5.81. The van der Waals surface area contributed by atoms with Crippen molar-refractivity contribution in [2.75, 3.05) is 0 Å². The Morgan fingerprint density at radius 1 is 1.12 bits per heavy atom. The van der Waals surface area contributed by atoms with Gasteiger partial charge in [0, 0.05) is 0 Å². The normalized spacial score (nSPS) is 40.1. The molecule has 3 aliphatic carbocycles. The molecule has 0 aromatic heterocycles. The molecule has 0 bridgehead atoms. The third-order valence-electron chi connectivity index (χ3n) is 8.15. The highest BCUT2D eigenvalue weighted by Gasteiger charge is 2.54. The molecule has 0 spiro atoms. The molecule has 0 amide bonds. The molecule has 3 rings (SSSR count). The van der Waals surface area contributed by atoms with Crippen LogP contribution in [0.1, 0.15) is 79.1 Å². The molecule has 0 aromatic carbocycles. The third-order valence-corrected chi connectivity index (χ3v) is 8.15. The molecular weight excluding hydrogens is 316 g/mol. The van der Waals surface area contributed by atoms with Crippen LogP contribution in [0.2, 0.25) is 0 Å². The van der Waals surface area contributed by atoms with E-state index in [0.717, 1.165) is 30.6 Å². The predicted molar refractivity (Wildman–Crippen MR) is 106 cm³/mol. The molecular formula is C24H36N2. The fraction of sp³-hybridized carbons (Fsp3) is 0.833. The van der Waals surface area contributed by atoms with Gasteiger partial charge in [0.1, 0.15) is 0 Å². The van der Waals surface area contributed by atoms with Crippen molar-refractivity contribution in [2.24, 2.45) is 46.8 Å². The number of nitrogens with zero attached hydrogens (tertiary/aromatic N) is 2. The van der Waals surface area contributed by atoms with Crippen LogP contribution in [0, 0.1) is 69.5 Å². The monoisotopic (exact) mass is 352 g/mol. The van der Waals surface area contributed by atoms with Gasteiger partial charge >= 0.3 is 0 Å². The van der Waals surface area contributed by atoms with E-state index in [1.165, 1.54) is 38.5 Å². The average Bonchev–Trinajstić information content (AvgIpc) is 2.97. The maximum atomic E-state index is 9.69. The Bertz CT molecular complexity index is 619. The predicted octanol–water partition coefficient (Wildman–Crippen LogP) is 6.50. The second-order valence-corrected chi connectivity index (χ2v) is 10.0. The van der Waals surface area contributed by atoms with Crippen molar-refractivity contribution >= 4 is 0 Å². The van der Waals surface area contributed by atoms with Crippen molar-refractivity contribution < 1.29 is 0 Å². The van der Waals surface area contributed by atoms with Gasteiger partial charge in [-0.1, -0.05) is 58.6 Å². The lowest BCUT2D eigenvalue weighted by Gasteiger charge is -2.49. The molecule has 0 saturated heterocycles. The second-order valence-electron chi connectivity index (χ2n) is 10.0. The Morgan fingerprint density at radius 2 is 1.88 bits per heavy atom. The molecule has 3 aliphatic rings. The number of hydrogen-bond acceptors (Lipinski definition) is 2. The molecule has 0 radical (unpaired) electrons. The number of hydrogen-bond donors (Lipinski definition) is 0. The Labute approximate surface area is 160 Å². The zero-order valence-corrected chi connectivity index (χ0v) is 17.2. The van der Waals surface area contributed by atoms with E-state index < -0.39 is 0 Å². The van der Waals surface area contributed by atoms with E-state index in [-0.39, 0.29) is 11.8 Å². The lowest BCUT2D eigenvalue weighted by molar-refractivity contribution is 0.0649. The van der Waals surface area contributed by atoms with E-state index in [9.17, 15) is 10.5 Å². The zero-order chi connectivity index (χ0) is 18.9. The van der Waals surface area contributed by atoms with Crippen LogP contribution in [-0.2, 0) is 0 Å². The molecule has 0 aromatic rings. The van der Waals surface area contributed by atoms with Gasteiger partial charge in [0.15, 0.2) is 0 Å². The average molecular weight is 353 g/mol. The number of fused-ring (bicyclic) bond motifs is 3. The molecule has 2 nitrogen and oxygen atoms in total. The maximum absolute atomic E-state index is 9.69. The van der Waals surface area contributed by atoms with Crippen molar-refractivity contribution in [2.45, 2.75) is 79.1 Å². The van der Waals surface area contributed by atoms with Crippen molar-refractivity contribution in [3.8, 4) is 12.1 Å². The molecule has 26 heavy (non-hydrogen) atoms. The van der Waals surface area contributed by atoms with Gasteiger partial charge in [-0.2, -0.15) is 10.5 Å². The molecule has 2 fully saturated rings. The highest BCUT2D eigenvalue weighted by Crippen LogP contribution is 2.63. The van der Waals surface area contributed by atoms with Gasteiger partial charge in [-0.05, 0) is 67.1 Å². The minimum atomic E-state index is -0.0923. The number of nitriles is 2. The van der Waals surface area contributed by atoms with E-state index in [1.807, 2.05) is 0 Å². The van der Waals surface area contributed by atoms with E-state index in [0.29, 0.717) is 17.3 Å². The van der Waals surface area contributed by atoms with Gasteiger partial charge in [-0.3, -0.25) is 0 Å². The SMILES string of the molecule is CC(C)CCC[C@@H](C)[C@H]1CC[C@H]2C3=CC[C@@H](C#N)[C@H](C#N)[C@@H]3CC[C@]12C. The second kappa shape index (κ2) is 7.76. The topological polar surface area (TPSA) is 47.6 Å². The lowest BCUT2D eigenvalue weighted by Crippen LogP contribution is -2.42. The molecule has 0 heterocycles. The van der Waals surface area contributed by atoms with Crippen LogP contribution in [0.15, 0.2) is 11.6 Å². The fourth-order valence-electron chi connectivity index (χ4n) is 6.73. The van der Waals surface area contributed by atoms with Crippen LogP contribution in [0.4, 0.5) is 0 Å². The van der Waals surface area contributed by atoms with Gasteiger partial charge < -0.3 is 0 Å². The summed E-state index contributed by atoms with van der Waals surface area (Å²) in [6, 6.07) is 4.90. The molecule has 0 aliphatic heterocycles. The largest absolute Gasteiger partial charge is 0.198 e. The maximum Gasteiger partial charge on any atom is 0.0690 e. The van der Waals surface area contributed by atoms with E-state index in [1.54, 1.807) is 5.57 Å². The number of rotatable bonds is 5. The van der Waals surface area contributed by atoms with Gasteiger partial charge in [-0.15, -0.1) is 0 Å². The number of allylic oxidation sites excluding steroid dienone is 2. The van der Waals surface area contributed by atoms with Crippen molar-refractivity contribution in [3.05, 3.63) is 11.6 Å². The van der Waals surface area contributed by atoms with Crippen molar-refractivity contribution in [1.29, 1.82) is 10.5 Å². The van der Waals surface area contributed by atoms with E-state index in [4.69, 9.17) is 0 Å². The quantitative estimate of drug-likeness (QED) is 0.530. The first kappa shape index (κ1) is 19.5. The summed E-state index contributed by atoms with van der Waals surface area (Å²) in [5.41, 5.74) is 1.98. The molecule has 2 saturated carbocycles. The highest BCUT2D eigenvalue weighted by atomic mass is 14.6. The summed E-state index contributed by atoms with van der Waals surface area (Å²) < 4.78 is 0. The summed E-state index contributed by atoms with van der Waals surface area (Å²) in [6.45, 7) is 9.69. The minimum absolute atomic E-state index is 0.0768. The fourth-order valence-corrected chi connectivity index (χ4v) is 6.73. The van der Waals surface area contributed by atoms with Gasteiger partial charge in [0.25, 0.3) is 0 Å². The molecule has 7 atom stereocenters. The molecule has 2 heteroatoms. The Morgan fingerprint density at radius 3 is 2.54 bits per heavy atom. The van der Waals surface area contributed by atoms with Crippen molar-refractivity contribution in [1.82, 2.24) is 0 Å². The van der Waals surface area contributed by atoms with Crippen LogP contribution in [0.3, 0.4) is 0 Å². The summed E-state index contributed by atoms with van der Waals surface area (Å²) in [5.74, 6) is 3.30. The molecule has 0 unspecified atom stereocenters. The van der Waals surface area contributed by atoms with Gasteiger partial charge in [0.05, 0.1) is 24.0 Å². The Balaban J connectivity index is 1.75. The summed E-state index contributed by atoms with van der Waals surface area (Å²) in [6.07, 6.45) is 12.3. The van der Waals surface area contributed by atoms with Crippen molar-refractivity contribution in [3.63, 3.8) is 0 Å². The summed E-state index contributed by atoms with van der Waals surface area (Å²) >= 11 is 0. The van der Waals surface area contributed by atoms with Crippen LogP contribution < -0.4 is 0 Å². The highest BCUT2D eigenvalue weighted by molar-refractivity contribution is 5.28. The smallest absolute Gasteiger partial charge is 0.0690 e. The first-order valence-corrected chi connectivity index (χ1v) is 10.9. The van der Waals surface area contributed by atoms with E-state index in [2.05, 4.69) is 45.9 Å². The molecule has 142 valence electrons. The summed E-state index contributed by atoms with van der Waals surface area (Å²) in [4.78, 5) is 0. The van der Waals surface area contributed by atoms with Crippen LogP contribution in [0.5, 0.6) is 0 Å². The lowest BCUT2D eigenvalue weighted by atomic mass is 9.54. The van der Waals surface area contributed by atoms with E-state index >= 15 is 0 Å². The van der Waals surface area contributed by atoms with Gasteiger partial charge in [0.2, 0.25) is 0 Å². The van der Waals surface area contributed by atoms with Crippen LogP contribution in [0.25, 0.3) is 0 Å². The minimum Gasteiger partial charge on any atom is -0.198 e.